The van der Waals surface area contributed by atoms with Crippen molar-refractivity contribution in [2.45, 2.75) is 13.8 Å². The fourth-order valence-corrected chi connectivity index (χ4v) is 1.25. The molecule has 0 aliphatic rings. The molecule has 2 N–H and O–H groups in total. The van der Waals surface area contributed by atoms with Crippen molar-refractivity contribution < 1.29 is 19.8 Å². The number of aliphatic hydroxyl groups is 2. The quantitative estimate of drug-likeness (QED) is 0.628. The van der Waals surface area contributed by atoms with Gasteiger partial charge in [0.25, 0.3) is 0 Å². The summed E-state index contributed by atoms with van der Waals surface area (Å²) in [5, 5.41) is 19.2. The zero-order valence-corrected chi connectivity index (χ0v) is 10.0. The molecule has 0 aliphatic heterocycles. The average molecular weight is 247 g/mol. The molecule has 0 aliphatic carbocycles. The monoisotopic (exact) mass is 247 g/mol. The average Bonchev–Trinajstić information content (AvgIpc) is 2.27. The first-order valence-corrected chi connectivity index (χ1v) is 5.20. The minimum absolute atomic E-state index is 0.145. The lowest BCUT2D eigenvalue weighted by atomic mass is 10.2. The molecular formula is C13H13NO4. The van der Waals surface area contributed by atoms with Crippen LogP contribution >= 0.6 is 0 Å². The summed E-state index contributed by atoms with van der Waals surface area (Å²) in [6.07, 6.45) is 2.05. The summed E-state index contributed by atoms with van der Waals surface area (Å²) in [6, 6.07) is 4.52. The molecule has 5 heteroatoms. The molecule has 94 valence electrons. The van der Waals surface area contributed by atoms with Gasteiger partial charge in [-0.05, 0) is 26.0 Å². The van der Waals surface area contributed by atoms with Crippen molar-refractivity contribution in [1.82, 2.24) is 4.98 Å². The first-order chi connectivity index (χ1) is 8.40. The maximum Gasteiger partial charge on any atom is 0.156 e. The molecule has 0 spiro atoms. The second-order valence-corrected chi connectivity index (χ2v) is 3.69. The molecule has 0 radical (unpaired) electrons. The van der Waals surface area contributed by atoms with Crippen LogP contribution in [0.2, 0.25) is 0 Å². The summed E-state index contributed by atoms with van der Waals surface area (Å²) < 4.78 is 0. The number of ketones is 2. The fraction of sp³-hybridized carbons (Fsp3) is 0.154. The van der Waals surface area contributed by atoms with E-state index in [-0.39, 0.29) is 34.5 Å². The Hall–Kier alpha value is -2.43. The van der Waals surface area contributed by atoms with E-state index in [9.17, 15) is 19.8 Å². The Morgan fingerprint density at radius 1 is 1.00 bits per heavy atom. The highest BCUT2D eigenvalue weighted by atomic mass is 16.3. The molecular weight excluding hydrogens is 234 g/mol. The van der Waals surface area contributed by atoms with Gasteiger partial charge >= 0.3 is 0 Å². The van der Waals surface area contributed by atoms with Gasteiger partial charge in [0.05, 0.1) is 0 Å². The summed E-state index contributed by atoms with van der Waals surface area (Å²) >= 11 is 0. The summed E-state index contributed by atoms with van der Waals surface area (Å²) in [5.41, 5.74) is 0.289. The first kappa shape index (κ1) is 13.6. The molecule has 1 rings (SSSR count). The molecule has 0 saturated carbocycles. The number of nitrogens with zero attached hydrogens (tertiary/aromatic N) is 1. The molecule has 1 heterocycles. The lowest BCUT2D eigenvalue weighted by Gasteiger charge is -2.02. The van der Waals surface area contributed by atoms with Crippen LogP contribution in [0.25, 0.3) is 11.5 Å². The maximum atomic E-state index is 10.8. The van der Waals surface area contributed by atoms with Crippen LogP contribution in [-0.4, -0.2) is 26.8 Å². The fourth-order valence-electron chi connectivity index (χ4n) is 1.25. The molecule has 0 fully saturated rings. The first-order valence-electron chi connectivity index (χ1n) is 5.20. The third-order valence-electron chi connectivity index (χ3n) is 1.95. The zero-order chi connectivity index (χ0) is 13.7. The van der Waals surface area contributed by atoms with Gasteiger partial charge in [0.15, 0.2) is 11.6 Å². The van der Waals surface area contributed by atoms with Gasteiger partial charge in [0, 0.05) is 12.2 Å². The highest BCUT2D eigenvalue weighted by Crippen LogP contribution is 2.13. The van der Waals surface area contributed by atoms with Crippen LogP contribution in [0.15, 0.2) is 30.4 Å². The highest BCUT2D eigenvalue weighted by Gasteiger charge is 2.06. The van der Waals surface area contributed by atoms with Gasteiger partial charge in [-0.1, -0.05) is 6.07 Å². The van der Waals surface area contributed by atoms with Gasteiger partial charge in [-0.15, -0.1) is 0 Å². The summed E-state index contributed by atoms with van der Waals surface area (Å²) in [7, 11) is 0. The Labute approximate surface area is 104 Å². The number of pyridine rings is 1. The Morgan fingerprint density at radius 2 is 1.39 bits per heavy atom. The molecule has 18 heavy (non-hydrogen) atoms. The molecule has 0 atom stereocenters. The van der Waals surface area contributed by atoms with Gasteiger partial charge < -0.3 is 10.2 Å². The topological polar surface area (TPSA) is 87.5 Å². The standard InChI is InChI=1S/C13H13NO4/c1-8(15)6-12(17)10-4-3-5-11(14-10)13(18)7-9(2)16/h3-7,17-18H,1-2H3/b12-6-,13-7+. The van der Waals surface area contributed by atoms with Crippen LogP contribution in [0.3, 0.4) is 0 Å². The summed E-state index contributed by atoms with van der Waals surface area (Å²) in [5.74, 6) is -1.22. The molecule has 0 saturated heterocycles. The Morgan fingerprint density at radius 3 is 1.72 bits per heavy atom. The minimum Gasteiger partial charge on any atom is -0.506 e. The van der Waals surface area contributed by atoms with Gasteiger partial charge in [-0.2, -0.15) is 0 Å². The van der Waals surface area contributed by atoms with E-state index >= 15 is 0 Å². The van der Waals surface area contributed by atoms with Gasteiger partial charge in [-0.3, -0.25) is 9.59 Å². The highest BCUT2D eigenvalue weighted by molar-refractivity contribution is 5.94. The smallest absolute Gasteiger partial charge is 0.156 e. The van der Waals surface area contributed by atoms with E-state index in [0.717, 1.165) is 12.2 Å². The molecule has 0 aromatic carbocycles. The second kappa shape index (κ2) is 5.77. The van der Waals surface area contributed by atoms with E-state index in [4.69, 9.17) is 0 Å². The number of hydrogen-bond donors (Lipinski definition) is 2. The van der Waals surface area contributed by atoms with Crippen LogP contribution in [0.5, 0.6) is 0 Å². The molecule has 0 bridgehead atoms. The van der Waals surface area contributed by atoms with Crippen molar-refractivity contribution in [3.8, 4) is 0 Å². The normalized spacial score (nSPS) is 12.3. The Bertz CT molecular complexity index is 498. The van der Waals surface area contributed by atoms with E-state index in [0.29, 0.717) is 0 Å². The Kier molecular flexibility index (Phi) is 4.37. The van der Waals surface area contributed by atoms with E-state index in [1.807, 2.05) is 0 Å². The molecule has 1 aromatic rings. The lowest BCUT2D eigenvalue weighted by Crippen LogP contribution is -1.97. The maximum absolute atomic E-state index is 10.8. The third kappa shape index (κ3) is 3.86. The van der Waals surface area contributed by atoms with Gasteiger partial charge in [-0.25, -0.2) is 4.98 Å². The largest absolute Gasteiger partial charge is 0.506 e. The number of hydrogen-bond acceptors (Lipinski definition) is 5. The van der Waals surface area contributed by atoms with E-state index in [1.165, 1.54) is 26.0 Å². The van der Waals surface area contributed by atoms with Gasteiger partial charge in [0.2, 0.25) is 0 Å². The minimum atomic E-state index is -0.316. The predicted molar refractivity (Wildman–Crippen MR) is 66.8 cm³/mol. The summed E-state index contributed by atoms with van der Waals surface area (Å²) in [6.45, 7) is 2.60. The van der Waals surface area contributed by atoms with Crippen molar-refractivity contribution in [3.63, 3.8) is 0 Å². The van der Waals surface area contributed by atoms with Crippen molar-refractivity contribution in [2.75, 3.05) is 0 Å². The predicted octanol–water partition coefficient (Wildman–Crippen LogP) is 2.06. The number of allylic oxidation sites excluding steroid dienone is 2. The molecule has 0 amide bonds. The van der Waals surface area contributed by atoms with Crippen molar-refractivity contribution in [3.05, 3.63) is 41.7 Å². The third-order valence-corrected chi connectivity index (χ3v) is 1.95. The number of aliphatic hydroxyl groups excluding tert-OH is 2. The number of rotatable bonds is 4. The van der Waals surface area contributed by atoms with E-state index < -0.39 is 0 Å². The van der Waals surface area contributed by atoms with Crippen LogP contribution in [0, 0.1) is 0 Å². The molecule has 5 nitrogen and oxygen atoms in total. The Balaban J connectivity index is 3.14. The van der Waals surface area contributed by atoms with Crippen molar-refractivity contribution >= 4 is 23.1 Å². The van der Waals surface area contributed by atoms with Crippen LogP contribution < -0.4 is 0 Å². The number of carbonyl (C=O) groups is 2. The van der Waals surface area contributed by atoms with E-state index in [1.54, 1.807) is 6.07 Å². The zero-order valence-electron chi connectivity index (χ0n) is 10.0. The number of aromatic nitrogens is 1. The lowest BCUT2D eigenvalue weighted by molar-refractivity contribution is -0.113. The van der Waals surface area contributed by atoms with Crippen LogP contribution in [0.4, 0.5) is 0 Å². The number of carbonyl (C=O) groups excluding carboxylic acids is 2. The van der Waals surface area contributed by atoms with Gasteiger partial charge in [0.1, 0.15) is 22.9 Å². The van der Waals surface area contributed by atoms with Crippen LogP contribution in [-0.2, 0) is 9.59 Å². The van der Waals surface area contributed by atoms with E-state index in [2.05, 4.69) is 4.98 Å². The summed E-state index contributed by atoms with van der Waals surface area (Å²) in [4.78, 5) is 25.6. The SMILES string of the molecule is CC(=O)/C=C(\O)c1cccc(/C(O)=C\C(C)=O)n1. The van der Waals surface area contributed by atoms with Crippen LogP contribution in [0.1, 0.15) is 25.2 Å². The van der Waals surface area contributed by atoms with Crippen molar-refractivity contribution in [2.24, 2.45) is 0 Å². The molecule has 0 unspecified atom stereocenters. The second-order valence-electron chi connectivity index (χ2n) is 3.69. The molecule has 1 aromatic heterocycles. The van der Waals surface area contributed by atoms with Crippen molar-refractivity contribution in [1.29, 1.82) is 0 Å².